The number of anilines is 1. The maximum absolute atomic E-state index is 12.4. The smallest absolute Gasteiger partial charge is 0.382 e. The van der Waals surface area contributed by atoms with Crippen LogP contribution in [0.15, 0.2) is 48.7 Å². The lowest BCUT2D eigenvalue weighted by Crippen LogP contribution is -2.09. The first-order valence-electron chi connectivity index (χ1n) is 5.07. The number of aromatic nitrogens is 1. The van der Waals surface area contributed by atoms with Crippen molar-refractivity contribution in [3.05, 3.63) is 54.4 Å². The van der Waals surface area contributed by atoms with E-state index in [-0.39, 0.29) is 5.75 Å². The molecule has 0 unspecified atom stereocenters. The minimum Gasteiger partial charge on any atom is -0.382 e. The minimum absolute atomic E-state index is 0.0428. The van der Waals surface area contributed by atoms with Gasteiger partial charge < -0.3 is 4.84 Å². The van der Waals surface area contributed by atoms with Crippen molar-refractivity contribution in [3.63, 3.8) is 0 Å². The zero-order valence-corrected chi connectivity index (χ0v) is 9.11. The van der Waals surface area contributed by atoms with Crippen LogP contribution in [0.3, 0.4) is 0 Å². The molecule has 3 nitrogen and oxygen atoms in total. The molecule has 0 saturated carbocycles. The quantitative estimate of drug-likeness (QED) is 0.851. The fraction of sp³-hybridized carbons (Fsp3) is 0.0833. The fourth-order valence-corrected chi connectivity index (χ4v) is 1.25. The van der Waals surface area contributed by atoms with Crippen LogP contribution >= 0.6 is 0 Å². The summed E-state index contributed by atoms with van der Waals surface area (Å²) in [5.74, 6) is 0.0428. The van der Waals surface area contributed by atoms with Gasteiger partial charge in [-0.3, -0.25) is 4.98 Å². The molecule has 1 N–H and O–H groups in total. The van der Waals surface area contributed by atoms with Gasteiger partial charge in [-0.15, -0.1) is 0 Å². The SMILES string of the molecule is FC(F)(F)c1cc(ONc2ccccc2)ccn1. The summed E-state index contributed by atoms with van der Waals surface area (Å²) < 4.78 is 37.2. The van der Waals surface area contributed by atoms with Crippen molar-refractivity contribution in [3.8, 4) is 5.75 Å². The van der Waals surface area contributed by atoms with Crippen LogP contribution < -0.4 is 10.3 Å². The van der Waals surface area contributed by atoms with Crippen molar-refractivity contribution in [1.82, 2.24) is 4.98 Å². The second kappa shape index (κ2) is 4.95. The monoisotopic (exact) mass is 254 g/mol. The Hall–Kier alpha value is -2.24. The summed E-state index contributed by atoms with van der Waals surface area (Å²) in [6, 6.07) is 11.0. The van der Waals surface area contributed by atoms with Gasteiger partial charge in [-0.2, -0.15) is 13.2 Å². The topological polar surface area (TPSA) is 34.1 Å². The molecule has 18 heavy (non-hydrogen) atoms. The van der Waals surface area contributed by atoms with Gasteiger partial charge >= 0.3 is 6.18 Å². The molecule has 2 aromatic rings. The van der Waals surface area contributed by atoms with Crippen LogP contribution in [0.4, 0.5) is 18.9 Å². The molecule has 0 radical (unpaired) electrons. The van der Waals surface area contributed by atoms with E-state index in [0.29, 0.717) is 5.69 Å². The van der Waals surface area contributed by atoms with Gasteiger partial charge in [0, 0.05) is 18.3 Å². The van der Waals surface area contributed by atoms with E-state index in [1.54, 1.807) is 24.3 Å². The van der Waals surface area contributed by atoms with E-state index >= 15 is 0 Å². The van der Waals surface area contributed by atoms with Gasteiger partial charge in [0.25, 0.3) is 0 Å². The summed E-state index contributed by atoms with van der Waals surface area (Å²) in [5, 5.41) is 0. The molecule has 0 bridgehead atoms. The summed E-state index contributed by atoms with van der Waals surface area (Å²) >= 11 is 0. The number of hydrogen-bond acceptors (Lipinski definition) is 3. The Bertz CT molecular complexity index is 514. The number of hydrogen-bond donors (Lipinski definition) is 1. The maximum atomic E-state index is 12.4. The maximum Gasteiger partial charge on any atom is 0.433 e. The van der Waals surface area contributed by atoms with Crippen LogP contribution in [0.25, 0.3) is 0 Å². The zero-order valence-electron chi connectivity index (χ0n) is 9.11. The molecule has 0 spiro atoms. The minimum atomic E-state index is -4.48. The van der Waals surface area contributed by atoms with Crippen LogP contribution in [-0.2, 0) is 6.18 Å². The molecule has 0 aliphatic rings. The third-order valence-electron chi connectivity index (χ3n) is 2.08. The Balaban J connectivity index is 2.06. The molecule has 1 aromatic heterocycles. The first-order valence-corrected chi connectivity index (χ1v) is 5.07. The lowest BCUT2D eigenvalue weighted by Gasteiger charge is -2.10. The van der Waals surface area contributed by atoms with Gasteiger partial charge in [-0.25, -0.2) is 5.48 Å². The molecule has 0 aliphatic carbocycles. The Labute approximate surface area is 101 Å². The van der Waals surface area contributed by atoms with E-state index in [4.69, 9.17) is 4.84 Å². The van der Waals surface area contributed by atoms with Crippen LogP contribution in [0.5, 0.6) is 5.75 Å². The highest BCUT2D eigenvalue weighted by Gasteiger charge is 2.32. The summed E-state index contributed by atoms with van der Waals surface area (Å²) in [6.45, 7) is 0. The van der Waals surface area contributed by atoms with E-state index in [1.807, 2.05) is 6.07 Å². The van der Waals surface area contributed by atoms with Crippen LogP contribution in [-0.4, -0.2) is 4.98 Å². The number of halogens is 3. The Morgan fingerprint density at radius 3 is 2.44 bits per heavy atom. The molecular formula is C12H9F3N2O. The summed E-state index contributed by atoms with van der Waals surface area (Å²) in [4.78, 5) is 8.27. The van der Waals surface area contributed by atoms with Gasteiger partial charge in [0.05, 0.1) is 5.69 Å². The highest BCUT2D eigenvalue weighted by molar-refractivity contribution is 5.41. The molecule has 6 heteroatoms. The first kappa shape index (κ1) is 12.2. The second-order valence-corrected chi connectivity index (χ2v) is 3.44. The predicted molar refractivity (Wildman–Crippen MR) is 59.9 cm³/mol. The van der Waals surface area contributed by atoms with Crippen LogP contribution in [0.2, 0.25) is 0 Å². The van der Waals surface area contributed by atoms with Crippen molar-refractivity contribution in [2.45, 2.75) is 6.18 Å². The van der Waals surface area contributed by atoms with E-state index in [1.165, 1.54) is 6.07 Å². The summed E-state index contributed by atoms with van der Waals surface area (Å²) in [6.07, 6.45) is -3.43. The molecule has 94 valence electrons. The number of alkyl halides is 3. The van der Waals surface area contributed by atoms with Gasteiger partial charge in [-0.1, -0.05) is 18.2 Å². The first-order chi connectivity index (χ1) is 8.55. The summed E-state index contributed by atoms with van der Waals surface area (Å²) in [5.41, 5.74) is 2.20. The Kier molecular flexibility index (Phi) is 3.36. The number of para-hydroxylation sites is 1. The largest absolute Gasteiger partial charge is 0.433 e. The molecule has 0 fully saturated rings. The fourth-order valence-electron chi connectivity index (χ4n) is 1.25. The van der Waals surface area contributed by atoms with Gasteiger partial charge in [0.15, 0.2) is 5.75 Å². The van der Waals surface area contributed by atoms with Gasteiger partial charge in [-0.05, 0) is 12.1 Å². The number of benzene rings is 1. The standard InChI is InChI=1S/C12H9F3N2O/c13-12(14,15)11-8-10(6-7-16-11)18-17-9-4-2-1-3-5-9/h1-8,17H. The third-order valence-corrected chi connectivity index (χ3v) is 2.08. The van der Waals surface area contributed by atoms with Gasteiger partial charge in [0.2, 0.25) is 0 Å². The molecule has 0 atom stereocenters. The third kappa shape index (κ3) is 3.13. The van der Waals surface area contributed by atoms with E-state index < -0.39 is 11.9 Å². The molecule has 1 heterocycles. The van der Waals surface area contributed by atoms with Crippen LogP contribution in [0.1, 0.15) is 5.69 Å². The van der Waals surface area contributed by atoms with E-state index in [2.05, 4.69) is 10.5 Å². The highest BCUT2D eigenvalue weighted by Crippen LogP contribution is 2.29. The van der Waals surface area contributed by atoms with Crippen molar-refractivity contribution < 1.29 is 18.0 Å². The van der Waals surface area contributed by atoms with Crippen LogP contribution in [0, 0.1) is 0 Å². The lowest BCUT2D eigenvalue weighted by molar-refractivity contribution is -0.141. The molecule has 0 saturated heterocycles. The molecule has 0 aliphatic heterocycles. The molecule has 0 amide bonds. The number of pyridine rings is 1. The second-order valence-electron chi connectivity index (χ2n) is 3.44. The number of rotatable bonds is 3. The normalized spacial score (nSPS) is 11.1. The Morgan fingerprint density at radius 2 is 1.78 bits per heavy atom. The Morgan fingerprint density at radius 1 is 1.06 bits per heavy atom. The van der Waals surface area contributed by atoms with Crippen molar-refractivity contribution in [2.24, 2.45) is 0 Å². The molecule has 1 aromatic carbocycles. The number of nitrogens with one attached hydrogen (secondary N) is 1. The van der Waals surface area contributed by atoms with Crippen molar-refractivity contribution in [1.29, 1.82) is 0 Å². The molecular weight excluding hydrogens is 245 g/mol. The van der Waals surface area contributed by atoms with E-state index in [9.17, 15) is 13.2 Å². The average molecular weight is 254 g/mol. The van der Waals surface area contributed by atoms with Gasteiger partial charge in [0.1, 0.15) is 5.69 Å². The molecule has 2 rings (SSSR count). The zero-order chi connectivity index (χ0) is 13.0. The highest BCUT2D eigenvalue weighted by atomic mass is 19.4. The lowest BCUT2D eigenvalue weighted by atomic mass is 10.3. The predicted octanol–water partition coefficient (Wildman–Crippen LogP) is 3.51. The summed E-state index contributed by atoms with van der Waals surface area (Å²) in [7, 11) is 0. The van der Waals surface area contributed by atoms with Crippen molar-refractivity contribution >= 4 is 5.69 Å². The number of nitrogens with zero attached hydrogens (tertiary/aromatic N) is 1. The van der Waals surface area contributed by atoms with Crippen molar-refractivity contribution in [2.75, 3.05) is 5.48 Å². The van der Waals surface area contributed by atoms with E-state index in [0.717, 1.165) is 12.3 Å². The average Bonchev–Trinajstić information content (AvgIpc) is 2.37.